The predicted molar refractivity (Wildman–Crippen MR) is 63.6 cm³/mol. The van der Waals surface area contributed by atoms with Crippen LogP contribution < -0.4 is 5.32 Å². The van der Waals surface area contributed by atoms with Crippen LogP contribution in [0.1, 0.15) is 20.8 Å². The normalized spacial score (nSPS) is 11.6. The highest BCUT2D eigenvalue weighted by molar-refractivity contribution is 5.67. The van der Waals surface area contributed by atoms with Crippen molar-refractivity contribution in [2.24, 2.45) is 0 Å². The monoisotopic (exact) mass is 232 g/mol. The number of alkyl carbamates (subject to hydrolysis) is 1. The third-order valence-corrected chi connectivity index (χ3v) is 1.84. The number of methoxy groups -OCH3 is 1. The molecule has 0 aromatic carbocycles. The van der Waals surface area contributed by atoms with Crippen molar-refractivity contribution in [3.05, 3.63) is 0 Å². The lowest BCUT2D eigenvalue weighted by Gasteiger charge is -2.21. The summed E-state index contributed by atoms with van der Waals surface area (Å²) < 4.78 is 10.1. The van der Waals surface area contributed by atoms with E-state index in [1.165, 1.54) is 0 Å². The number of likely N-dealkylation sites (N-methyl/N-ethyl adjacent to an activating group) is 1. The van der Waals surface area contributed by atoms with E-state index in [2.05, 4.69) is 10.2 Å². The Bertz CT molecular complexity index is 202. The highest BCUT2D eigenvalue weighted by Gasteiger charge is 2.15. The number of hydrogen-bond donors (Lipinski definition) is 1. The molecule has 96 valence electrons. The second-order valence-corrected chi connectivity index (χ2v) is 4.72. The summed E-state index contributed by atoms with van der Waals surface area (Å²) in [5, 5.41) is 2.70. The van der Waals surface area contributed by atoms with Gasteiger partial charge in [0.1, 0.15) is 5.60 Å². The number of carbonyl (C=O) groups excluding carboxylic acids is 1. The topological polar surface area (TPSA) is 50.8 Å². The fourth-order valence-corrected chi connectivity index (χ4v) is 1.02. The zero-order valence-electron chi connectivity index (χ0n) is 11.0. The molecule has 5 heteroatoms. The third-order valence-electron chi connectivity index (χ3n) is 1.84. The zero-order chi connectivity index (χ0) is 12.6. The van der Waals surface area contributed by atoms with E-state index in [0.29, 0.717) is 13.2 Å². The van der Waals surface area contributed by atoms with Gasteiger partial charge in [-0.3, -0.25) is 0 Å². The van der Waals surface area contributed by atoms with Gasteiger partial charge in [-0.1, -0.05) is 0 Å². The minimum absolute atomic E-state index is 0.368. The van der Waals surface area contributed by atoms with E-state index in [0.717, 1.165) is 13.1 Å². The van der Waals surface area contributed by atoms with E-state index in [9.17, 15) is 4.79 Å². The molecule has 16 heavy (non-hydrogen) atoms. The number of hydrogen-bond acceptors (Lipinski definition) is 4. The molecule has 1 amide bonds. The van der Waals surface area contributed by atoms with Crippen molar-refractivity contribution in [1.82, 2.24) is 10.2 Å². The van der Waals surface area contributed by atoms with Crippen molar-refractivity contribution in [2.45, 2.75) is 26.4 Å². The second-order valence-electron chi connectivity index (χ2n) is 4.72. The number of nitrogens with one attached hydrogen (secondary N) is 1. The molecule has 0 aromatic heterocycles. The molecule has 1 N–H and O–H groups in total. The summed E-state index contributed by atoms with van der Waals surface area (Å²) in [6.45, 7) is 8.44. The van der Waals surface area contributed by atoms with Gasteiger partial charge in [0.25, 0.3) is 0 Å². The summed E-state index contributed by atoms with van der Waals surface area (Å²) in [5.41, 5.74) is -0.438. The van der Waals surface area contributed by atoms with Gasteiger partial charge in [-0.25, -0.2) is 4.79 Å². The Hall–Kier alpha value is -0.810. The number of carbonyl (C=O) groups is 1. The van der Waals surface area contributed by atoms with E-state index < -0.39 is 5.60 Å². The van der Waals surface area contributed by atoms with Crippen molar-refractivity contribution in [2.75, 3.05) is 40.4 Å². The molecule has 0 aliphatic carbocycles. The Morgan fingerprint density at radius 2 is 1.94 bits per heavy atom. The summed E-state index contributed by atoms with van der Waals surface area (Å²) >= 11 is 0. The average molecular weight is 232 g/mol. The van der Waals surface area contributed by atoms with Crippen LogP contribution in [0.3, 0.4) is 0 Å². The molecule has 0 atom stereocenters. The summed E-state index contributed by atoms with van der Waals surface area (Å²) in [7, 11) is 3.66. The predicted octanol–water partition coefficient (Wildman–Crippen LogP) is 1.09. The molecule has 0 heterocycles. The maximum atomic E-state index is 11.3. The van der Waals surface area contributed by atoms with Gasteiger partial charge >= 0.3 is 6.09 Å². The molecule has 0 spiro atoms. The van der Waals surface area contributed by atoms with E-state index in [4.69, 9.17) is 9.47 Å². The number of ether oxygens (including phenoxy) is 2. The Morgan fingerprint density at radius 1 is 1.31 bits per heavy atom. The summed E-state index contributed by atoms with van der Waals surface area (Å²) in [4.78, 5) is 13.4. The molecule has 0 rings (SSSR count). The molecule has 0 aromatic rings. The lowest BCUT2D eigenvalue weighted by molar-refractivity contribution is 0.0522. The van der Waals surface area contributed by atoms with Crippen LogP contribution in [0.15, 0.2) is 0 Å². The third kappa shape index (κ3) is 9.73. The molecule has 0 fully saturated rings. The molecule has 0 bridgehead atoms. The van der Waals surface area contributed by atoms with Crippen LogP contribution in [0.2, 0.25) is 0 Å². The smallest absolute Gasteiger partial charge is 0.407 e. The van der Waals surface area contributed by atoms with Crippen molar-refractivity contribution in [3.8, 4) is 0 Å². The Labute approximate surface area is 98.1 Å². The maximum Gasteiger partial charge on any atom is 0.407 e. The van der Waals surface area contributed by atoms with Crippen LogP contribution in [0.5, 0.6) is 0 Å². The average Bonchev–Trinajstić information content (AvgIpc) is 2.11. The fourth-order valence-electron chi connectivity index (χ4n) is 1.02. The van der Waals surface area contributed by atoms with Gasteiger partial charge in [-0.15, -0.1) is 0 Å². The Balaban J connectivity index is 3.54. The van der Waals surface area contributed by atoms with Crippen LogP contribution >= 0.6 is 0 Å². The first-order valence-electron chi connectivity index (χ1n) is 5.49. The minimum atomic E-state index is -0.438. The molecule has 0 unspecified atom stereocenters. The van der Waals surface area contributed by atoms with Crippen LogP contribution in [0.4, 0.5) is 4.79 Å². The van der Waals surface area contributed by atoms with Crippen LogP contribution in [0, 0.1) is 0 Å². The SMILES string of the molecule is COCCN(C)CCNC(=O)OC(C)(C)C. The summed E-state index contributed by atoms with van der Waals surface area (Å²) in [6, 6.07) is 0. The molecular weight excluding hydrogens is 208 g/mol. The van der Waals surface area contributed by atoms with Crippen molar-refractivity contribution < 1.29 is 14.3 Å². The van der Waals surface area contributed by atoms with Gasteiger partial charge in [0.05, 0.1) is 6.61 Å². The van der Waals surface area contributed by atoms with Crippen LogP contribution in [0.25, 0.3) is 0 Å². The van der Waals surface area contributed by atoms with Crippen molar-refractivity contribution >= 4 is 6.09 Å². The molecule has 0 radical (unpaired) electrons. The maximum absolute atomic E-state index is 11.3. The van der Waals surface area contributed by atoms with Crippen LogP contribution in [-0.2, 0) is 9.47 Å². The van der Waals surface area contributed by atoms with Crippen molar-refractivity contribution in [1.29, 1.82) is 0 Å². The second kappa shape index (κ2) is 7.46. The highest BCUT2D eigenvalue weighted by atomic mass is 16.6. The molecule has 5 nitrogen and oxygen atoms in total. The summed E-state index contributed by atoms with van der Waals surface area (Å²) in [6.07, 6.45) is -0.368. The number of amides is 1. The Morgan fingerprint density at radius 3 is 2.44 bits per heavy atom. The van der Waals surface area contributed by atoms with Gasteiger partial charge in [0, 0.05) is 26.7 Å². The molecular formula is C11H24N2O3. The first kappa shape index (κ1) is 15.2. The first-order valence-corrected chi connectivity index (χ1v) is 5.49. The van der Waals surface area contributed by atoms with E-state index >= 15 is 0 Å². The van der Waals surface area contributed by atoms with Gasteiger partial charge in [-0.05, 0) is 27.8 Å². The van der Waals surface area contributed by atoms with E-state index in [1.54, 1.807) is 7.11 Å². The van der Waals surface area contributed by atoms with Crippen LogP contribution in [-0.4, -0.2) is 57.0 Å². The van der Waals surface area contributed by atoms with Gasteiger partial charge in [0.15, 0.2) is 0 Å². The van der Waals surface area contributed by atoms with Gasteiger partial charge in [0.2, 0.25) is 0 Å². The van der Waals surface area contributed by atoms with E-state index in [1.807, 2.05) is 27.8 Å². The molecule has 0 aliphatic rings. The lowest BCUT2D eigenvalue weighted by atomic mass is 10.2. The van der Waals surface area contributed by atoms with Crippen molar-refractivity contribution in [3.63, 3.8) is 0 Å². The lowest BCUT2D eigenvalue weighted by Crippen LogP contribution is -2.37. The Kier molecular flexibility index (Phi) is 7.08. The van der Waals surface area contributed by atoms with Gasteiger partial charge < -0.3 is 19.7 Å². The zero-order valence-corrected chi connectivity index (χ0v) is 11.0. The van der Waals surface area contributed by atoms with E-state index in [-0.39, 0.29) is 6.09 Å². The molecule has 0 saturated heterocycles. The first-order chi connectivity index (χ1) is 7.35. The number of rotatable bonds is 6. The quantitative estimate of drug-likeness (QED) is 0.745. The molecule has 0 aliphatic heterocycles. The van der Waals surface area contributed by atoms with Gasteiger partial charge in [-0.2, -0.15) is 0 Å². The largest absolute Gasteiger partial charge is 0.444 e. The highest BCUT2D eigenvalue weighted by Crippen LogP contribution is 2.05. The summed E-state index contributed by atoms with van der Waals surface area (Å²) in [5.74, 6) is 0. The standard InChI is InChI=1S/C11H24N2O3/c1-11(2,3)16-10(14)12-6-7-13(4)8-9-15-5/h6-9H2,1-5H3,(H,12,14). The fraction of sp³-hybridized carbons (Fsp3) is 0.909. The minimum Gasteiger partial charge on any atom is -0.444 e. The number of nitrogens with zero attached hydrogens (tertiary/aromatic N) is 1. The molecule has 0 saturated carbocycles.